The predicted octanol–water partition coefficient (Wildman–Crippen LogP) is 4.93. The second-order valence-corrected chi connectivity index (χ2v) is 7.15. The van der Waals surface area contributed by atoms with E-state index in [0.29, 0.717) is 17.7 Å². The van der Waals surface area contributed by atoms with Gasteiger partial charge in [-0.15, -0.1) is 21.6 Å². The summed E-state index contributed by atoms with van der Waals surface area (Å²) in [4.78, 5) is 25.4. The van der Waals surface area contributed by atoms with Crippen LogP contribution in [0.15, 0.2) is 28.4 Å². The summed E-state index contributed by atoms with van der Waals surface area (Å²) in [5.41, 5.74) is 1.86. The summed E-state index contributed by atoms with van der Waals surface area (Å²) in [7, 11) is 1.43. The first-order valence-corrected chi connectivity index (χ1v) is 9.95. The van der Waals surface area contributed by atoms with E-state index in [-0.39, 0.29) is 33.0 Å². The van der Waals surface area contributed by atoms with Crippen LogP contribution in [0, 0.1) is 11.3 Å². The number of nitrogens with one attached hydrogen (secondary N) is 1. The number of nitriles is 1. The van der Waals surface area contributed by atoms with Crippen LogP contribution in [0.2, 0.25) is 5.02 Å². The average Bonchev–Trinajstić information content (AvgIpc) is 3.03. The maximum absolute atomic E-state index is 12.0. The van der Waals surface area contributed by atoms with E-state index in [1.807, 2.05) is 26.0 Å². The number of azo groups is 1. The minimum atomic E-state index is -0.333. The lowest BCUT2D eigenvalue weighted by Gasteiger charge is -2.22. The zero-order valence-corrected chi connectivity index (χ0v) is 17.8. The van der Waals surface area contributed by atoms with Gasteiger partial charge in [0.15, 0.2) is 11.3 Å². The summed E-state index contributed by atoms with van der Waals surface area (Å²) in [5, 5.41) is 20.6. The molecule has 0 unspecified atom stereocenters. The van der Waals surface area contributed by atoms with Gasteiger partial charge in [-0.1, -0.05) is 11.6 Å². The number of rotatable bonds is 9. The number of thiophene rings is 1. The molecule has 29 heavy (non-hydrogen) atoms. The summed E-state index contributed by atoms with van der Waals surface area (Å²) in [5.74, 6) is -0.333. The van der Waals surface area contributed by atoms with Crippen LogP contribution in [0.4, 0.5) is 22.1 Å². The van der Waals surface area contributed by atoms with Crippen LogP contribution in [-0.4, -0.2) is 39.0 Å². The predicted molar refractivity (Wildman–Crippen MR) is 114 cm³/mol. The van der Waals surface area contributed by atoms with Crippen LogP contribution in [0.5, 0.6) is 0 Å². The molecular weight excluding hydrogens is 414 g/mol. The molecule has 0 aliphatic rings. The van der Waals surface area contributed by atoms with Crippen molar-refractivity contribution < 1.29 is 14.3 Å². The molecule has 0 radical (unpaired) electrons. The van der Waals surface area contributed by atoms with Crippen LogP contribution in [0.25, 0.3) is 0 Å². The van der Waals surface area contributed by atoms with Crippen molar-refractivity contribution in [3.05, 3.63) is 33.7 Å². The van der Waals surface area contributed by atoms with Crippen molar-refractivity contribution >= 4 is 57.2 Å². The van der Waals surface area contributed by atoms with Gasteiger partial charge in [-0.25, -0.2) is 0 Å². The van der Waals surface area contributed by atoms with Gasteiger partial charge >= 0.3 is 0 Å². The SMILES string of the molecule is CCN(CC)c1ccc(N=Nc2sc(C=O)c(Cl)c2C#N)c(NC(=O)COC)c1. The highest BCUT2D eigenvalue weighted by molar-refractivity contribution is 7.18. The number of ether oxygens (including phenoxy) is 1. The third-order valence-electron chi connectivity index (χ3n) is 3.98. The second-order valence-electron chi connectivity index (χ2n) is 5.75. The molecule has 0 aliphatic carbocycles. The number of hydrogen-bond acceptors (Lipinski definition) is 8. The van der Waals surface area contributed by atoms with Crippen molar-refractivity contribution in [2.75, 3.05) is 37.0 Å². The van der Waals surface area contributed by atoms with Crippen molar-refractivity contribution in [2.24, 2.45) is 10.2 Å². The maximum atomic E-state index is 12.0. The Bertz CT molecular complexity index is 963. The molecule has 1 amide bonds. The van der Waals surface area contributed by atoms with Crippen LogP contribution in [0.3, 0.4) is 0 Å². The molecule has 1 N–H and O–H groups in total. The lowest BCUT2D eigenvalue weighted by Crippen LogP contribution is -2.22. The highest BCUT2D eigenvalue weighted by atomic mass is 35.5. The van der Waals surface area contributed by atoms with E-state index in [1.165, 1.54) is 7.11 Å². The molecule has 0 saturated heterocycles. The summed E-state index contributed by atoms with van der Waals surface area (Å²) in [6.45, 7) is 5.57. The molecule has 0 spiro atoms. The third-order valence-corrected chi connectivity index (χ3v) is 5.49. The highest BCUT2D eigenvalue weighted by Crippen LogP contribution is 2.39. The van der Waals surface area contributed by atoms with Crippen molar-refractivity contribution in [3.63, 3.8) is 0 Å². The Morgan fingerprint density at radius 1 is 1.38 bits per heavy atom. The number of anilines is 2. The summed E-state index contributed by atoms with van der Waals surface area (Å²) in [6.07, 6.45) is 0.572. The zero-order valence-electron chi connectivity index (χ0n) is 16.2. The average molecular weight is 434 g/mol. The number of amides is 1. The van der Waals surface area contributed by atoms with Gasteiger partial charge in [0.25, 0.3) is 0 Å². The number of methoxy groups -OCH3 is 1. The monoisotopic (exact) mass is 433 g/mol. The Kier molecular flexibility index (Phi) is 8.27. The molecular formula is C19H20ClN5O3S. The van der Waals surface area contributed by atoms with Gasteiger partial charge in [0.2, 0.25) is 5.91 Å². The van der Waals surface area contributed by atoms with Gasteiger partial charge in [0.1, 0.15) is 23.9 Å². The number of benzene rings is 1. The molecule has 0 saturated carbocycles. The van der Waals surface area contributed by atoms with Crippen molar-refractivity contribution in [2.45, 2.75) is 13.8 Å². The molecule has 1 aromatic heterocycles. The van der Waals surface area contributed by atoms with Crippen molar-refractivity contribution in [3.8, 4) is 6.07 Å². The van der Waals surface area contributed by atoms with E-state index in [1.54, 1.807) is 12.1 Å². The summed E-state index contributed by atoms with van der Waals surface area (Å²) >= 11 is 6.99. The Morgan fingerprint density at radius 3 is 2.69 bits per heavy atom. The zero-order chi connectivity index (χ0) is 21.4. The molecule has 10 heteroatoms. The van der Waals surface area contributed by atoms with E-state index in [2.05, 4.69) is 20.4 Å². The number of carbonyl (C=O) groups is 2. The molecule has 1 aromatic carbocycles. The van der Waals surface area contributed by atoms with E-state index >= 15 is 0 Å². The second kappa shape index (κ2) is 10.7. The fourth-order valence-corrected chi connectivity index (χ4v) is 3.70. The topological polar surface area (TPSA) is 107 Å². The number of carbonyl (C=O) groups excluding carboxylic acids is 2. The number of halogens is 1. The summed E-state index contributed by atoms with van der Waals surface area (Å²) in [6, 6.07) is 7.33. The smallest absolute Gasteiger partial charge is 0.250 e. The first-order valence-electron chi connectivity index (χ1n) is 8.76. The fraction of sp³-hybridized carbons (Fsp3) is 0.316. The van der Waals surface area contributed by atoms with Gasteiger partial charge < -0.3 is 15.0 Å². The normalized spacial score (nSPS) is 10.7. The van der Waals surface area contributed by atoms with E-state index in [9.17, 15) is 14.9 Å². The molecule has 0 aliphatic heterocycles. The largest absolute Gasteiger partial charge is 0.375 e. The van der Waals surface area contributed by atoms with Gasteiger partial charge in [0, 0.05) is 25.9 Å². The van der Waals surface area contributed by atoms with Crippen molar-refractivity contribution in [1.29, 1.82) is 5.26 Å². The molecule has 2 rings (SSSR count). The Hall–Kier alpha value is -2.80. The molecule has 2 aromatic rings. The number of hydrogen-bond donors (Lipinski definition) is 1. The van der Waals surface area contributed by atoms with Crippen molar-refractivity contribution in [1.82, 2.24) is 0 Å². The molecule has 8 nitrogen and oxygen atoms in total. The molecule has 0 atom stereocenters. The first kappa shape index (κ1) is 22.5. The maximum Gasteiger partial charge on any atom is 0.250 e. The fourth-order valence-electron chi connectivity index (χ4n) is 2.57. The molecule has 152 valence electrons. The van der Waals surface area contributed by atoms with E-state index in [4.69, 9.17) is 16.3 Å². The van der Waals surface area contributed by atoms with E-state index < -0.39 is 0 Å². The molecule has 0 fully saturated rings. The molecule has 0 bridgehead atoms. The quantitative estimate of drug-likeness (QED) is 0.445. The minimum absolute atomic E-state index is 0.0620. The minimum Gasteiger partial charge on any atom is -0.375 e. The van der Waals surface area contributed by atoms with Gasteiger partial charge in [-0.05, 0) is 32.0 Å². The summed E-state index contributed by atoms with van der Waals surface area (Å²) < 4.78 is 4.86. The van der Waals surface area contributed by atoms with Crippen LogP contribution in [0.1, 0.15) is 29.1 Å². The number of nitrogens with zero attached hydrogens (tertiary/aromatic N) is 4. The van der Waals surface area contributed by atoms with Crippen LogP contribution in [-0.2, 0) is 9.53 Å². The van der Waals surface area contributed by atoms with Gasteiger partial charge in [-0.2, -0.15) is 5.26 Å². The van der Waals surface area contributed by atoms with Crippen LogP contribution < -0.4 is 10.2 Å². The highest BCUT2D eigenvalue weighted by Gasteiger charge is 2.17. The van der Waals surface area contributed by atoms with Gasteiger partial charge in [-0.3, -0.25) is 9.59 Å². The lowest BCUT2D eigenvalue weighted by molar-refractivity contribution is -0.119. The first-order chi connectivity index (χ1) is 14.0. The Balaban J connectivity index is 2.45. The van der Waals surface area contributed by atoms with E-state index in [0.717, 1.165) is 30.1 Å². The van der Waals surface area contributed by atoms with Gasteiger partial charge in [0.05, 0.1) is 15.6 Å². The number of aldehydes is 1. The molecule has 1 heterocycles. The van der Waals surface area contributed by atoms with Crippen LogP contribution >= 0.6 is 22.9 Å². The lowest BCUT2D eigenvalue weighted by atomic mass is 10.2. The third kappa shape index (κ3) is 5.38. The standard InChI is InChI=1S/C19H20ClN5O3S/c1-4-25(5-2)12-6-7-14(15(8-12)22-17(27)11-28-3)23-24-19-13(9-21)18(20)16(10-26)29-19/h6-8,10H,4-5,11H2,1-3H3,(H,22,27). The Morgan fingerprint density at radius 2 is 2.10 bits per heavy atom. The Labute approximate surface area is 177 Å².